The number of hydrogen-bond donors (Lipinski definition) is 1. The Kier molecular flexibility index (Phi) is 4.31. The van der Waals surface area contributed by atoms with Crippen molar-refractivity contribution in [3.63, 3.8) is 0 Å². The molecule has 0 aliphatic rings. The first-order valence-corrected chi connectivity index (χ1v) is 5.20. The first kappa shape index (κ1) is 11.7. The molecule has 0 bridgehead atoms. The van der Waals surface area contributed by atoms with Gasteiger partial charge in [0, 0.05) is 17.5 Å². The Morgan fingerprint density at radius 1 is 1.33 bits per heavy atom. The van der Waals surface area contributed by atoms with Gasteiger partial charge in [-0.1, -0.05) is 37.3 Å². The van der Waals surface area contributed by atoms with Gasteiger partial charge in [0.05, 0.1) is 6.54 Å². The van der Waals surface area contributed by atoms with Crippen LogP contribution in [0.1, 0.15) is 25.5 Å². The number of aliphatic carboxylic acids is 1. The Labute approximate surface area is 90.1 Å². The third-order valence-electron chi connectivity index (χ3n) is 2.57. The van der Waals surface area contributed by atoms with Crippen molar-refractivity contribution in [1.82, 2.24) is 0 Å². The van der Waals surface area contributed by atoms with Gasteiger partial charge >= 0.3 is 0 Å². The highest BCUT2D eigenvalue weighted by molar-refractivity contribution is 5.67. The fourth-order valence-corrected chi connectivity index (χ4v) is 1.40. The third kappa shape index (κ3) is 3.72. The van der Waals surface area contributed by atoms with Gasteiger partial charge < -0.3 is 15.2 Å². The molecule has 0 fully saturated rings. The van der Waals surface area contributed by atoms with Crippen molar-refractivity contribution in [3.8, 4) is 0 Å². The fraction of sp³-hybridized carbons (Fsp3) is 0.417. The van der Waals surface area contributed by atoms with E-state index >= 15 is 0 Å². The van der Waals surface area contributed by atoms with Crippen molar-refractivity contribution in [1.29, 1.82) is 0 Å². The van der Waals surface area contributed by atoms with Crippen LogP contribution in [-0.2, 0) is 4.79 Å². The van der Waals surface area contributed by atoms with Crippen LogP contribution in [0.15, 0.2) is 30.3 Å². The van der Waals surface area contributed by atoms with Crippen LogP contribution in [-0.4, -0.2) is 12.5 Å². The second-order valence-corrected chi connectivity index (χ2v) is 3.89. The lowest BCUT2D eigenvalue weighted by molar-refractivity contribution is -0.696. The molecule has 15 heavy (non-hydrogen) atoms. The predicted molar refractivity (Wildman–Crippen MR) is 55.8 cm³/mol. The summed E-state index contributed by atoms with van der Waals surface area (Å²) in [5.41, 5.74) is 1.21. The van der Waals surface area contributed by atoms with Gasteiger partial charge in [0.25, 0.3) is 0 Å². The monoisotopic (exact) mass is 207 g/mol. The molecule has 82 valence electrons. The summed E-state index contributed by atoms with van der Waals surface area (Å²) in [7, 11) is 0. The first-order valence-electron chi connectivity index (χ1n) is 5.20. The molecule has 1 aromatic carbocycles. The number of carbonyl (C=O) groups is 1. The van der Waals surface area contributed by atoms with Crippen LogP contribution in [0.5, 0.6) is 0 Å². The van der Waals surface area contributed by atoms with E-state index in [-0.39, 0.29) is 6.04 Å². The Bertz CT molecular complexity index is 311. The summed E-state index contributed by atoms with van der Waals surface area (Å²) in [6.45, 7) is 4.29. The summed E-state index contributed by atoms with van der Waals surface area (Å²) in [6.07, 6.45) is 0. The fourth-order valence-electron chi connectivity index (χ4n) is 1.40. The zero-order chi connectivity index (χ0) is 11.3. The lowest BCUT2D eigenvalue weighted by atomic mass is 10.1. The van der Waals surface area contributed by atoms with Crippen LogP contribution in [0.2, 0.25) is 0 Å². The largest absolute Gasteiger partial charge is 0.550 e. The molecule has 0 radical (unpaired) electrons. The number of carboxylic acids is 1. The van der Waals surface area contributed by atoms with Gasteiger partial charge in [-0.15, -0.1) is 0 Å². The lowest BCUT2D eigenvalue weighted by Crippen LogP contribution is -2.86. The molecule has 3 nitrogen and oxygen atoms in total. The number of hydrogen-bond acceptors (Lipinski definition) is 2. The van der Waals surface area contributed by atoms with Crippen LogP contribution >= 0.6 is 0 Å². The number of benzene rings is 1. The number of rotatable bonds is 5. The highest BCUT2D eigenvalue weighted by Crippen LogP contribution is 2.06. The Morgan fingerprint density at radius 2 is 1.93 bits per heavy atom. The summed E-state index contributed by atoms with van der Waals surface area (Å²) < 4.78 is 0. The van der Waals surface area contributed by atoms with E-state index in [1.54, 1.807) is 6.92 Å². The summed E-state index contributed by atoms with van der Waals surface area (Å²) in [5, 5.41) is 12.5. The highest BCUT2D eigenvalue weighted by atomic mass is 16.4. The van der Waals surface area contributed by atoms with Gasteiger partial charge in [-0.05, 0) is 6.92 Å². The predicted octanol–water partition coefficient (Wildman–Crippen LogP) is -0.303. The molecule has 0 aliphatic carbocycles. The van der Waals surface area contributed by atoms with E-state index in [4.69, 9.17) is 0 Å². The van der Waals surface area contributed by atoms with E-state index in [0.29, 0.717) is 6.54 Å². The molecular weight excluding hydrogens is 190 g/mol. The Hall–Kier alpha value is -1.35. The SMILES string of the molecule is C[C@@H](C[NH2+][C@H](C)c1ccccc1)C(=O)[O-]. The topological polar surface area (TPSA) is 56.7 Å². The number of carboxylic acid groups (broad SMARTS) is 1. The standard InChI is InChI=1S/C12H17NO2/c1-9(12(14)15)8-13-10(2)11-6-4-3-5-7-11/h3-7,9-10,13H,8H2,1-2H3,(H,14,15)/t9-,10+/m0/s1. The van der Waals surface area contributed by atoms with E-state index < -0.39 is 11.9 Å². The molecule has 0 amide bonds. The quantitative estimate of drug-likeness (QED) is 0.720. The van der Waals surface area contributed by atoms with Gasteiger partial charge in [-0.2, -0.15) is 0 Å². The van der Waals surface area contributed by atoms with Gasteiger partial charge in [0.15, 0.2) is 0 Å². The molecule has 0 saturated carbocycles. The zero-order valence-electron chi connectivity index (χ0n) is 9.14. The maximum Gasteiger partial charge on any atom is 0.109 e. The van der Waals surface area contributed by atoms with Crippen LogP contribution in [0, 0.1) is 5.92 Å². The van der Waals surface area contributed by atoms with E-state index in [2.05, 4.69) is 6.92 Å². The van der Waals surface area contributed by atoms with Gasteiger partial charge in [0.2, 0.25) is 0 Å². The average molecular weight is 207 g/mol. The number of nitrogens with two attached hydrogens (primary N) is 1. The first-order chi connectivity index (χ1) is 7.11. The van der Waals surface area contributed by atoms with Crippen LogP contribution < -0.4 is 10.4 Å². The van der Waals surface area contributed by atoms with Crippen molar-refractivity contribution >= 4 is 5.97 Å². The molecule has 0 aromatic heterocycles. The normalized spacial score (nSPS) is 14.5. The van der Waals surface area contributed by atoms with Crippen molar-refractivity contribution in [3.05, 3.63) is 35.9 Å². The maximum absolute atomic E-state index is 10.5. The van der Waals surface area contributed by atoms with Crippen molar-refractivity contribution in [2.24, 2.45) is 5.92 Å². The number of carbonyl (C=O) groups excluding carboxylic acids is 1. The minimum atomic E-state index is -0.980. The van der Waals surface area contributed by atoms with Crippen LogP contribution in [0.25, 0.3) is 0 Å². The molecule has 0 aliphatic heterocycles. The smallest absolute Gasteiger partial charge is 0.109 e. The molecule has 1 aromatic rings. The minimum absolute atomic E-state index is 0.285. The van der Waals surface area contributed by atoms with Gasteiger partial charge in [-0.3, -0.25) is 0 Å². The van der Waals surface area contributed by atoms with E-state index in [1.807, 2.05) is 35.6 Å². The van der Waals surface area contributed by atoms with E-state index in [1.165, 1.54) is 5.56 Å². The van der Waals surface area contributed by atoms with Crippen LogP contribution in [0.3, 0.4) is 0 Å². The lowest BCUT2D eigenvalue weighted by Gasteiger charge is -2.15. The Balaban J connectivity index is 2.43. The summed E-state index contributed by atoms with van der Waals surface area (Å²) in [5.74, 6) is -1.39. The van der Waals surface area contributed by atoms with Crippen molar-refractivity contribution < 1.29 is 15.2 Å². The molecule has 1 rings (SSSR count). The third-order valence-corrected chi connectivity index (χ3v) is 2.57. The maximum atomic E-state index is 10.5. The zero-order valence-corrected chi connectivity index (χ0v) is 9.14. The molecule has 0 unspecified atom stereocenters. The van der Waals surface area contributed by atoms with E-state index in [0.717, 1.165) is 0 Å². The molecule has 2 atom stereocenters. The number of quaternary nitrogens is 1. The van der Waals surface area contributed by atoms with Crippen molar-refractivity contribution in [2.45, 2.75) is 19.9 Å². The summed E-state index contributed by atoms with van der Waals surface area (Å²) in [4.78, 5) is 10.5. The minimum Gasteiger partial charge on any atom is -0.550 e. The second-order valence-electron chi connectivity index (χ2n) is 3.89. The Morgan fingerprint density at radius 3 is 2.47 bits per heavy atom. The summed E-state index contributed by atoms with van der Waals surface area (Å²) in [6, 6.07) is 10.3. The van der Waals surface area contributed by atoms with Gasteiger partial charge in [-0.25, -0.2) is 0 Å². The molecule has 2 N–H and O–H groups in total. The van der Waals surface area contributed by atoms with Crippen LogP contribution in [0.4, 0.5) is 0 Å². The van der Waals surface area contributed by atoms with Crippen molar-refractivity contribution in [2.75, 3.05) is 6.54 Å². The molecule has 3 heteroatoms. The highest BCUT2D eigenvalue weighted by Gasteiger charge is 2.10. The molecule has 0 spiro atoms. The molecular formula is C12H17NO2. The molecule has 0 heterocycles. The van der Waals surface area contributed by atoms with Gasteiger partial charge in [0.1, 0.15) is 6.04 Å². The summed E-state index contributed by atoms with van der Waals surface area (Å²) >= 11 is 0. The average Bonchev–Trinajstić information content (AvgIpc) is 2.26. The molecule has 0 saturated heterocycles. The van der Waals surface area contributed by atoms with E-state index in [9.17, 15) is 9.90 Å². The second kappa shape index (κ2) is 5.51.